The van der Waals surface area contributed by atoms with Crippen LogP contribution in [0.4, 0.5) is 5.82 Å². The number of nitrogens with one attached hydrogen (secondary N) is 1. The number of thioether (sulfide) groups is 1. The maximum Gasteiger partial charge on any atom is 0.263 e. The second-order valence-electron chi connectivity index (χ2n) is 6.16. The predicted molar refractivity (Wildman–Crippen MR) is 104 cm³/mol. The predicted octanol–water partition coefficient (Wildman–Crippen LogP) is 3.95. The van der Waals surface area contributed by atoms with E-state index in [0.29, 0.717) is 5.75 Å². The molecule has 26 heavy (non-hydrogen) atoms. The molecule has 1 aliphatic rings. The van der Waals surface area contributed by atoms with Crippen LogP contribution in [0.1, 0.15) is 16.8 Å². The van der Waals surface area contributed by atoms with Crippen LogP contribution >= 0.6 is 11.8 Å². The molecule has 0 unspecified atom stereocenters. The number of ether oxygens (including phenoxy) is 1. The van der Waals surface area contributed by atoms with Crippen LogP contribution in [0.5, 0.6) is 5.75 Å². The highest BCUT2D eigenvalue weighted by molar-refractivity contribution is 7.98. The molecule has 0 aliphatic carbocycles. The average Bonchev–Trinajstić information content (AvgIpc) is 3.24. The maximum absolute atomic E-state index is 12.4. The lowest BCUT2D eigenvalue weighted by molar-refractivity contribution is -0.118. The van der Waals surface area contributed by atoms with Gasteiger partial charge in [-0.3, -0.25) is 4.79 Å². The molecule has 132 valence electrons. The fourth-order valence-corrected chi connectivity index (χ4v) is 3.88. The molecule has 1 N–H and O–H groups in total. The minimum Gasteiger partial charge on any atom is -0.484 e. The molecule has 1 aliphatic heterocycles. The largest absolute Gasteiger partial charge is 0.484 e. The van der Waals surface area contributed by atoms with E-state index in [-0.39, 0.29) is 12.5 Å². The minimum atomic E-state index is -0.193. The van der Waals surface area contributed by atoms with Gasteiger partial charge in [-0.05, 0) is 31.2 Å². The number of aromatic nitrogens is 2. The number of amides is 1. The van der Waals surface area contributed by atoms with Crippen molar-refractivity contribution < 1.29 is 9.53 Å². The van der Waals surface area contributed by atoms with E-state index in [4.69, 9.17) is 9.84 Å². The average molecular weight is 365 g/mol. The summed E-state index contributed by atoms with van der Waals surface area (Å²) in [6.45, 7) is 2.01. The summed E-state index contributed by atoms with van der Waals surface area (Å²) in [5.41, 5.74) is 4.26. The van der Waals surface area contributed by atoms with Crippen molar-refractivity contribution in [3.05, 3.63) is 71.4 Å². The van der Waals surface area contributed by atoms with E-state index in [1.165, 1.54) is 5.56 Å². The van der Waals surface area contributed by atoms with Crippen LogP contribution in [0, 0.1) is 6.92 Å². The van der Waals surface area contributed by atoms with Crippen molar-refractivity contribution in [3.8, 4) is 11.4 Å². The van der Waals surface area contributed by atoms with E-state index in [9.17, 15) is 4.79 Å². The summed E-state index contributed by atoms with van der Waals surface area (Å²) < 4.78 is 7.37. The number of carbonyl (C=O) groups is 1. The Morgan fingerprint density at radius 3 is 2.69 bits per heavy atom. The fourth-order valence-electron chi connectivity index (χ4n) is 2.85. The van der Waals surface area contributed by atoms with Crippen LogP contribution in [-0.4, -0.2) is 22.3 Å². The summed E-state index contributed by atoms with van der Waals surface area (Å²) in [6, 6.07) is 17.4. The highest BCUT2D eigenvalue weighted by Gasteiger charge is 2.24. The smallest absolute Gasteiger partial charge is 0.263 e. The molecule has 2 aromatic carbocycles. The van der Waals surface area contributed by atoms with Crippen LogP contribution in [0.25, 0.3) is 5.69 Å². The molecule has 1 aromatic heterocycles. The highest BCUT2D eigenvalue weighted by atomic mass is 32.2. The zero-order chi connectivity index (χ0) is 17.9. The maximum atomic E-state index is 12.4. The number of hydrogen-bond donors (Lipinski definition) is 1. The Bertz CT molecular complexity index is 920. The number of nitrogens with zero attached hydrogens (tertiary/aromatic N) is 2. The number of anilines is 1. The SMILES string of the molecule is Cc1ccc(-n2nc3c(c2NC(=O)COc2ccccc2)CSC3)cc1. The molecule has 2 heterocycles. The molecule has 5 nitrogen and oxygen atoms in total. The van der Waals surface area contributed by atoms with Gasteiger partial charge in [-0.15, -0.1) is 0 Å². The molecule has 6 heteroatoms. The third kappa shape index (κ3) is 3.46. The van der Waals surface area contributed by atoms with Gasteiger partial charge < -0.3 is 10.1 Å². The van der Waals surface area contributed by atoms with Gasteiger partial charge in [0.25, 0.3) is 5.91 Å². The van der Waals surface area contributed by atoms with Crippen molar-refractivity contribution in [3.63, 3.8) is 0 Å². The monoisotopic (exact) mass is 365 g/mol. The van der Waals surface area contributed by atoms with E-state index in [1.807, 2.05) is 78.0 Å². The third-order valence-corrected chi connectivity index (χ3v) is 5.17. The minimum absolute atomic E-state index is 0.0367. The zero-order valence-corrected chi connectivity index (χ0v) is 15.3. The van der Waals surface area contributed by atoms with Gasteiger partial charge >= 0.3 is 0 Å². The van der Waals surface area contributed by atoms with Gasteiger partial charge in [0.15, 0.2) is 6.61 Å². The fraction of sp³-hybridized carbons (Fsp3) is 0.200. The molecule has 1 amide bonds. The summed E-state index contributed by atoms with van der Waals surface area (Å²) >= 11 is 1.81. The summed E-state index contributed by atoms with van der Waals surface area (Å²) in [5, 5.41) is 7.70. The lowest BCUT2D eigenvalue weighted by atomic mass is 10.2. The second-order valence-corrected chi connectivity index (χ2v) is 7.15. The molecule has 0 spiro atoms. The molecule has 0 atom stereocenters. The Morgan fingerprint density at radius 2 is 1.92 bits per heavy atom. The normalized spacial score (nSPS) is 12.7. The van der Waals surface area contributed by atoms with Crippen molar-refractivity contribution in [1.29, 1.82) is 0 Å². The Morgan fingerprint density at radius 1 is 1.15 bits per heavy atom. The third-order valence-electron chi connectivity index (χ3n) is 4.20. The van der Waals surface area contributed by atoms with Gasteiger partial charge in [0.2, 0.25) is 0 Å². The highest BCUT2D eigenvalue weighted by Crippen LogP contribution is 2.36. The van der Waals surface area contributed by atoms with Crippen LogP contribution in [0.3, 0.4) is 0 Å². The molecular weight excluding hydrogens is 346 g/mol. The van der Waals surface area contributed by atoms with Crippen molar-refractivity contribution in [2.45, 2.75) is 18.4 Å². The van der Waals surface area contributed by atoms with Crippen molar-refractivity contribution in [1.82, 2.24) is 9.78 Å². The first-order valence-electron chi connectivity index (χ1n) is 8.44. The van der Waals surface area contributed by atoms with E-state index in [1.54, 1.807) is 0 Å². The van der Waals surface area contributed by atoms with Crippen molar-refractivity contribution in [2.75, 3.05) is 11.9 Å². The molecule has 0 fully saturated rings. The van der Waals surface area contributed by atoms with E-state index in [2.05, 4.69) is 5.32 Å². The first-order valence-corrected chi connectivity index (χ1v) is 9.59. The van der Waals surface area contributed by atoms with Crippen LogP contribution in [0.2, 0.25) is 0 Å². The van der Waals surface area contributed by atoms with Gasteiger partial charge in [-0.2, -0.15) is 16.9 Å². The molecule has 0 saturated carbocycles. The van der Waals surface area contributed by atoms with Gasteiger partial charge in [-0.25, -0.2) is 4.68 Å². The Kier molecular flexibility index (Phi) is 4.67. The van der Waals surface area contributed by atoms with Gasteiger partial charge in [0.1, 0.15) is 11.6 Å². The quantitative estimate of drug-likeness (QED) is 0.744. The number of aryl methyl sites for hydroxylation is 1. The van der Waals surface area contributed by atoms with Gasteiger partial charge in [-0.1, -0.05) is 35.9 Å². The Hall–Kier alpha value is -2.73. The number of rotatable bonds is 5. The number of para-hydroxylation sites is 1. The molecule has 0 bridgehead atoms. The standard InChI is InChI=1S/C20H19N3O2S/c1-14-7-9-15(10-8-14)23-20(17-12-26-13-18(17)22-23)21-19(24)11-25-16-5-3-2-4-6-16/h2-10H,11-13H2,1H3,(H,21,24). The molecule has 0 saturated heterocycles. The van der Waals surface area contributed by atoms with Crippen LogP contribution < -0.4 is 10.1 Å². The topological polar surface area (TPSA) is 56.2 Å². The summed E-state index contributed by atoms with van der Waals surface area (Å²) in [6.07, 6.45) is 0. The Labute approximate surface area is 156 Å². The summed E-state index contributed by atoms with van der Waals surface area (Å²) in [7, 11) is 0. The zero-order valence-electron chi connectivity index (χ0n) is 14.4. The molecule has 3 aromatic rings. The van der Waals surface area contributed by atoms with Crippen molar-refractivity contribution >= 4 is 23.5 Å². The van der Waals surface area contributed by atoms with E-state index >= 15 is 0 Å². The number of fused-ring (bicyclic) bond motifs is 1. The molecule has 4 rings (SSSR count). The van der Waals surface area contributed by atoms with Crippen LogP contribution in [0.15, 0.2) is 54.6 Å². The summed E-state index contributed by atoms with van der Waals surface area (Å²) in [5.74, 6) is 2.96. The van der Waals surface area contributed by atoms with E-state index < -0.39 is 0 Å². The van der Waals surface area contributed by atoms with Gasteiger partial charge in [0.05, 0.1) is 11.4 Å². The lowest BCUT2D eigenvalue weighted by Crippen LogP contribution is -2.22. The number of hydrogen-bond acceptors (Lipinski definition) is 4. The summed E-state index contributed by atoms with van der Waals surface area (Å²) in [4.78, 5) is 12.4. The number of carbonyl (C=O) groups excluding carboxylic acids is 1. The van der Waals surface area contributed by atoms with Crippen LogP contribution in [-0.2, 0) is 16.3 Å². The van der Waals surface area contributed by atoms with Crippen molar-refractivity contribution in [2.24, 2.45) is 0 Å². The van der Waals surface area contributed by atoms with Gasteiger partial charge in [0, 0.05) is 17.1 Å². The lowest BCUT2D eigenvalue weighted by Gasteiger charge is -2.12. The van der Waals surface area contributed by atoms with E-state index in [0.717, 1.165) is 34.3 Å². The second kappa shape index (κ2) is 7.25. The molecule has 0 radical (unpaired) electrons. The Balaban J connectivity index is 1.55. The molecular formula is C20H19N3O2S. The first kappa shape index (κ1) is 16.7. The number of benzene rings is 2. The first-order chi connectivity index (χ1) is 12.7.